The van der Waals surface area contributed by atoms with Crippen LogP contribution in [0.1, 0.15) is 37.2 Å². The van der Waals surface area contributed by atoms with E-state index >= 15 is 0 Å². The number of hydrogen-bond acceptors (Lipinski definition) is 3. The molecule has 0 N–H and O–H groups in total. The van der Waals surface area contributed by atoms with Crippen LogP contribution in [0, 0.1) is 0 Å². The summed E-state index contributed by atoms with van der Waals surface area (Å²) in [6.45, 7) is 3.38. The van der Waals surface area contributed by atoms with Gasteiger partial charge in [0.1, 0.15) is 11.0 Å². The maximum atomic E-state index is 5.94. The molecule has 1 aliphatic rings. The molecule has 4 heteroatoms. The highest BCUT2D eigenvalue weighted by Gasteiger charge is 2.25. The molecule has 1 aromatic heterocycles. The van der Waals surface area contributed by atoms with E-state index in [1.807, 2.05) is 13.0 Å². The quantitative estimate of drug-likeness (QED) is 0.572. The van der Waals surface area contributed by atoms with Crippen molar-refractivity contribution < 1.29 is 4.74 Å². The Hall–Kier alpha value is -0.670. The molecule has 1 aromatic rings. The van der Waals surface area contributed by atoms with E-state index in [-0.39, 0.29) is 0 Å². The Kier molecular flexibility index (Phi) is 3.54. The van der Waals surface area contributed by atoms with Crippen LogP contribution in [0.2, 0.25) is 5.15 Å². The third-order valence-corrected chi connectivity index (χ3v) is 2.62. The summed E-state index contributed by atoms with van der Waals surface area (Å²) in [6.07, 6.45) is 3.21. The first kappa shape index (κ1) is 10.8. The molecule has 0 unspecified atom stereocenters. The fourth-order valence-electron chi connectivity index (χ4n) is 1.49. The van der Waals surface area contributed by atoms with Gasteiger partial charge in [-0.05, 0) is 25.8 Å². The molecule has 1 aliphatic carbocycles. The van der Waals surface area contributed by atoms with Gasteiger partial charge >= 0.3 is 0 Å². The Morgan fingerprint density at radius 1 is 1.47 bits per heavy atom. The van der Waals surface area contributed by atoms with E-state index in [1.54, 1.807) is 0 Å². The van der Waals surface area contributed by atoms with Gasteiger partial charge in [-0.15, -0.1) is 0 Å². The van der Waals surface area contributed by atoms with Crippen molar-refractivity contribution in [2.24, 2.45) is 0 Å². The van der Waals surface area contributed by atoms with E-state index in [1.165, 1.54) is 12.8 Å². The molecule has 0 saturated heterocycles. The van der Waals surface area contributed by atoms with Crippen LogP contribution in [0.15, 0.2) is 6.07 Å². The molecule has 15 heavy (non-hydrogen) atoms. The summed E-state index contributed by atoms with van der Waals surface area (Å²) in [5.41, 5.74) is 1.10. The molecule has 2 rings (SSSR count). The molecule has 0 aromatic carbocycles. The normalized spacial score (nSPS) is 15.6. The second kappa shape index (κ2) is 4.90. The Morgan fingerprint density at radius 3 is 2.93 bits per heavy atom. The predicted octanol–water partition coefficient (Wildman–Crippen LogP) is 2.59. The lowest BCUT2D eigenvalue weighted by Gasteiger charge is -2.04. The zero-order valence-electron chi connectivity index (χ0n) is 8.87. The predicted molar refractivity (Wildman–Crippen MR) is 59.2 cm³/mol. The van der Waals surface area contributed by atoms with Crippen LogP contribution in [-0.2, 0) is 11.2 Å². The largest absolute Gasteiger partial charge is 0.381 e. The second-order valence-corrected chi connectivity index (χ2v) is 4.14. The fraction of sp³-hybridized carbons (Fsp3) is 0.636. The molecule has 82 valence electrons. The number of hydrogen-bond donors (Lipinski definition) is 0. The Balaban J connectivity index is 2.02. The zero-order chi connectivity index (χ0) is 10.7. The smallest absolute Gasteiger partial charge is 0.133 e. The molecular weight excluding hydrogens is 212 g/mol. The third kappa shape index (κ3) is 3.14. The number of nitrogens with zero attached hydrogens (tertiary/aromatic N) is 2. The van der Waals surface area contributed by atoms with Crippen LogP contribution < -0.4 is 0 Å². The first-order valence-electron chi connectivity index (χ1n) is 5.40. The first-order chi connectivity index (χ1) is 7.29. The topological polar surface area (TPSA) is 35.0 Å². The van der Waals surface area contributed by atoms with Gasteiger partial charge in [-0.3, -0.25) is 0 Å². The Labute approximate surface area is 94.8 Å². The maximum Gasteiger partial charge on any atom is 0.133 e. The molecule has 0 atom stereocenters. The molecule has 0 aliphatic heterocycles. The van der Waals surface area contributed by atoms with Gasteiger partial charge in [0.05, 0.1) is 6.61 Å². The van der Waals surface area contributed by atoms with Crippen molar-refractivity contribution >= 4 is 11.6 Å². The zero-order valence-corrected chi connectivity index (χ0v) is 9.63. The van der Waals surface area contributed by atoms with Crippen LogP contribution in [0.3, 0.4) is 0 Å². The minimum Gasteiger partial charge on any atom is -0.381 e. The van der Waals surface area contributed by atoms with Crippen LogP contribution in [0.25, 0.3) is 0 Å². The Morgan fingerprint density at radius 2 is 2.27 bits per heavy atom. The van der Waals surface area contributed by atoms with Crippen molar-refractivity contribution in [2.75, 3.05) is 13.2 Å². The summed E-state index contributed by atoms with van der Waals surface area (Å²) >= 11 is 5.94. The SMILES string of the molecule is CCOCCc1nc(Cl)cc(C2CC2)n1. The van der Waals surface area contributed by atoms with E-state index in [2.05, 4.69) is 9.97 Å². The number of rotatable bonds is 5. The van der Waals surface area contributed by atoms with Crippen molar-refractivity contribution in [2.45, 2.75) is 32.1 Å². The van der Waals surface area contributed by atoms with E-state index in [0.29, 0.717) is 17.7 Å². The lowest BCUT2D eigenvalue weighted by Crippen LogP contribution is -2.04. The summed E-state index contributed by atoms with van der Waals surface area (Å²) < 4.78 is 5.27. The number of aromatic nitrogens is 2. The molecule has 1 fully saturated rings. The molecule has 1 saturated carbocycles. The van der Waals surface area contributed by atoms with Crippen LogP contribution in [-0.4, -0.2) is 23.2 Å². The minimum absolute atomic E-state index is 0.554. The van der Waals surface area contributed by atoms with Gasteiger partial charge in [0.15, 0.2) is 0 Å². The molecule has 3 nitrogen and oxygen atoms in total. The highest BCUT2D eigenvalue weighted by Crippen LogP contribution is 2.39. The standard InChI is InChI=1S/C11H15ClN2O/c1-2-15-6-5-11-13-9(8-3-4-8)7-10(12)14-11/h7-8H,2-6H2,1H3. The van der Waals surface area contributed by atoms with Crippen molar-refractivity contribution in [1.82, 2.24) is 9.97 Å². The van der Waals surface area contributed by atoms with Gasteiger partial charge in [-0.1, -0.05) is 11.6 Å². The molecule has 1 heterocycles. The molecule has 0 bridgehead atoms. The van der Waals surface area contributed by atoms with Crippen LogP contribution in [0.5, 0.6) is 0 Å². The van der Waals surface area contributed by atoms with E-state index < -0.39 is 0 Å². The van der Waals surface area contributed by atoms with Crippen LogP contribution >= 0.6 is 11.6 Å². The van der Waals surface area contributed by atoms with Gasteiger partial charge < -0.3 is 4.74 Å². The monoisotopic (exact) mass is 226 g/mol. The van der Waals surface area contributed by atoms with Crippen molar-refractivity contribution in [1.29, 1.82) is 0 Å². The average molecular weight is 227 g/mol. The summed E-state index contributed by atoms with van der Waals surface area (Å²) in [7, 11) is 0. The van der Waals surface area contributed by atoms with Crippen molar-refractivity contribution in [3.63, 3.8) is 0 Å². The third-order valence-electron chi connectivity index (χ3n) is 2.43. The Bertz CT molecular complexity index is 339. The van der Waals surface area contributed by atoms with Gasteiger partial charge in [-0.2, -0.15) is 0 Å². The van der Waals surface area contributed by atoms with E-state index in [9.17, 15) is 0 Å². The summed E-state index contributed by atoms with van der Waals surface area (Å²) in [5, 5.41) is 0.554. The molecule has 0 spiro atoms. The minimum atomic E-state index is 0.554. The summed E-state index contributed by atoms with van der Waals surface area (Å²) in [4.78, 5) is 8.68. The lowest BCUT2D eigenvalue weighted by molar-refractivity contribution is 0.149. The van der Waals surface area contributed by atoms with E-state index in [0.717, 1.165) is 24.5 Å². The van der Waals surface area contributed by atoms with Gasteiger partial charge in [0.25, 0.3) is 0 Å². The van der Waals surface area contributed by atoms with Gasteiger partial charge in [0, 0.05) is 24.6 Å². The number of ether oxygens (including phenoxy) is 1. The molecule has 0 radical (unpaired) electrons. The highest BCUT2D eigenvalue weighted by molar-refractivity contribution is 6.29. The van der Waals surface area contributed by atoms with Crippen molar-refractivity contribution in [3.8, 4) is 0 Å². The fourth-order valence-corrected chi connectivity index (χ4v) is 1.70. The van der Waals surface area contributed by atoms with Gasteiger partial charge in [-0.25, -0.2) is 9.97 Å². The molecular formula is C11H15ClN2O. The number of halogens is 1. The lowest BCUT2D eigenvalue weighted by atomic mass is 10.3. The van der Waals surface area contributed by atoms with Crippen LogP contribution in [0.4, 0.5) is 0 Å². The highest BCUT2D eigenvalue weighted by atomic mass is 35.5. The van der Waals surface area contributed by atoms with Gasteiger partial charge in [0.2, 0.25) is 0 Å². The first-order valence-corrected chi connectivity index (χ1v) is 5.78. The second-order valence-electron chi connectivity index (χ2n) is 3.75. The summed E-state index contributed by atoms with van der Waals surface area (Å²) in [6, 6.07) is 1.88. The average Bonchev–Trinajstić information content (AvgIpc) is 3.00. The summed E-state index contributed by atoms with van der Waals surface area (Å²) in [5.74, 6) is 1.43. The molecule has 0 amide bonds. The maximum absolute atomic E-state index is 5.94. The van der Waals surface area contributed by atoms with E-state index in [4.69, 9.17) is 16.3 Å². The van der Waals surface area contributed by atoms with Crippen molar-refractivity contribution in [3.05, 3.63) is 22.7 Å².